The largest absolute Gasteiger partial charge is 0.490 e. The van der Waals surface area contributed by atoms with Gasteiger partial charge in [0.15, 0.2) is 0 Å². The molecule has 1 aliphatic heterocycles. The Morgan fingerprint density at radius 2 is 2.06 bits per heavy atom. The lowest BCUT2D eigenvalue weighted by Gasteiger charge is -2.24. The molecule has 0 amide bonds. The Kier molecular flexibility index (Phi) is 4.02. The van der Waals surface area contributed by atoms with Crippen LogP contribution in [0.1, 0.15) is 37.0 Å². The fraction of sp³-hybridized carbons (Fsp3) is 0.571. The van der Waals surface area contributed by atoms with Crippen LogP contribution in [0.15, 0.2) is 18.2 Å². The van der Waals surface area contributed by atoms with Crippen molar-refractivity contribution in [2.75, 3.05) is 13.2 Å². The zero-order valence-corrected chi connectivity index (χ0v) is 10.5. The minimum absolute atomic E-state index is 0.264. The summed E-state index contributed by atoms with van der Waals surface area (Å²) >= 11 is 0. The summed E-state index contributed by atoms with van der Waals surface area (Å²) in [5.41, 5.74) is 2.01. The summed E-state index contributed by atoms with van der Waals surface area (Å²) in [5, 5.41) is 9.50. The van der Waals surface area contributed by atoms with Gasteiger partial charge in [0, 0.05) is 12.8 Å². The van der Waals surface area contributed by atoms with Crippen LogP contribution in [0.3, 0.4) is 0 Å². The molecule has 0 spiro atoms. The summed E-state index contributed by atoms with van der Waals surface area (Å²) in [6, 6.07) is 5.86. The number of hydrogen-bond acceptors (Lipinski definition) is 3. The fourth-order valence-corrected chi connectivity index (χ4v) is 2.04. The molecular weight excluding hydrogens is 216 g/mol. The zero-order valence-electron chi connectivity index (χ0n) is 10.5. The van der Waals surface area contributed by atoms with Crippen LogP contribution in [-0.2, 0) is 4.74 Å². The van der Waals surface area contributed by atoms with Crippen LogP contribution < -0.4 is 4.74 Å². The molecule has 0 saturated carbocycles. The van der Waals surface area contributed by atoms with Crippen LogP contribution in [0.5, 0.6) is 5.75 Å². The van der Waals surface area contributed by atoms with Crippen LogP contribution in [0, 0.1) is 6.92 Å². The number of aliphatic hydroxyl groups is 1. The minimum atomic E-state index is -0.425. The van der Waals surface area contributed by atoms with Crippen molar-refractivity contribution in [2.45, 2.75) is 38.9 Å². The SMILES string of the molecule is Cc1cc(C(C)O)ccc1OC1CCOCC1. The first-order chi connectivity index (χ1) is 8.16. The maximum atomic E-state index is 9.50. The van der Waals surface area contributed by atoms with Crippen LogP contribution in [0.2, 0.25) is 0 Å². The van der Waals surface area contributed by atoms with Gasteiger partial charge in [-0.15, -0.1) is 0 Å². The van der Waals surface area contributed by atoms with Gasteiger partial charge in [0.1, 0.15) is 11.9 Å². The molecule has 0 aliphatic carbocycles. The summed E-state index contributed by atoms with van der Waals surface area (Å²) in [7, 11) is 0. The Morgan fingerprint density at radius 1 is 1.35 bits per heavy atom. The van der Waals surface area contributed by atoms with Gasteiger partial charge < -0.3 is 14.6 Å². The van der Waals surface area contributed by atoms with Gasteiger partial charge in [-0.1, -0.05) is 6.07 Å². The van der Waals surface area contributed by atoms with Gasteiger partial charge in [0.2, 0.25) is 0 Å². The van der Waals surface area contributed by atoms with E-state index in [1.165, 1.54) is 0 Å². The third-order valence-corrected chi connectivity index (χ3v) is 3.14. The molecule has 3 heteroatoms. The average Bonchev–Trinajstić information content (AvgIpc) is 2.33. The van der Waals surface area contributed by atoms with Crippen molar-refractivity contribution in [3.63, 3.8) is 0 Å². The Balaban J connectivity index is 2.05. The van der Waals surface area contributed by atoms with Gasteiger partial charge in [0.05, 0.1) is 19.3 Å². The standard InChI is InChI=1S/C14H20O3/c1-10-9-12(11(2)15)3-4-14(10)17-13-5-7-16-8-6-13/h3-4,9,11,13,15H,5-8H2,1-2H3. The van der Waals surface area contributed by atoms with Crippen molar-refractivity contribution >= 4 is 0 Å². The van der Waals surface area contributed by atoms with Crippen LogP contribution in [-0.4, -0.2) is 24.4 Å². The lowest BCUT2D eigenvalue weighted by Crippen LogP contribution is -2.26. The van der Waals surface area contributed by atoms with E-state index in [1.54, 1.807) is 6.92 Å². The molecule has 1 N–H and O–H groups in total. The smallest absolute Gasteiger partial charge is 0.122 e. The Hall–Kier alpha value is -1.06. The molecule has 94 valence electrons. The zero-order chi connectivity index (χ0) is 12.3. The van der Waals surface area contributed by atoms with E-state index in [0.29, 0.717) is 0 Å². The van der Waals surface area contributed by atoms with Crippen LogP contribution in [0.4, 0.5) is 0 Å². The Morgan fingerprint density at radius 3 is 2.65 bits per heavy atom. The first-order valence-corrected chi connectivity index (χ1v) is 6.20. The second kappa shape index (κ2) is 5.52. The highest BCUT2D eigenvalue weighted by atomic mass is 16.5. The highest BCUT2D eigenvalue weighted by Crippen LogP contribution is 2.25. The molecule has 1 atom stereocenters. The third-order valence-electron chi connectivity index (χ3n) is 3.14. The van der Waals surface area contributed by atoms with Gasteiger partial charge in [-0.25, -0.2) is 0 Å². The van der Waals surface area contributed by atoms with E-state index in [9.17, 15) is 5.11 Å². The van der Waals surface area contributed by atoms with Crippen molar-refractivity contribution in [1.82, 2.24) is 0 Å². The van der Waals surface area contributed by atoms with E-state index in [0.717, 1.165) is 42.9 Å². The number of aliphatic hydroxyl groups excluding tert-OH is 1. The third kappa shape index (κ3) is 3.20. The highest BCUT2D eigenvalue weighted by Gasteiger charge is 2.16. The number of aryl methyl sites for hydroxylation is 1. The molecule has 1 saturated heterocycles. The number of benzene rings is 1. The summed E-state index contributed by atoms with van der Waals surface area (Å²) in [6.45, 7) is 5.36. The fourth-order valence-electron chi connectivity index (χ4n) is 2.04. The lowest BCUT2D eigenvalue weighted by atomic mass is 10.1. The molecule has 0 radical (unpaired) electrons. The monoisotopic (exact) mass is 236 g/mol. The molecule has 1 aromatic carbocycles. The lowest BCUT2D eigenvalue weighted by molar-refractivity contribution is 0.0253. The summed E-state index contributed by atoms with van der Waals surface area (Å²) in [6.07, 6.45) is 1.75. The van der Waals surface area contributed by atoms with Crippen molar-refractivity contribution < 1.29 is 14.6 Å². The number of rotatable bonds is 3. The molecule has 0 aromatic heterocycles. The molecule has 1 heterocycles. The molecule has 3 nitrogen and oxygen atoms in total. The summed E-state index contributed by atoms with van der Waals surface area (Å²) < 4.78 is 11.3. The van der Waals surface area contributed by atoms with E-state index >= 15 is 0 Å². The van der Waals surface area contributed by atoms with Crippen LogP contribution in [0.25, 0.3) is 0 Å². The molecule has 1 unspecified atom stereocenters. The first kappa shape index (κ1) is 12.4. The minimum Gasteiger partial charge on any atom is -0.490 e. The quantitative estimate of drug-likeness (QED) is 0.876. The highest BCUT2D eigenvalue weighted by molar-refractivity contribution is 5.37. The number of hydrogen-bond donors (Lipinski definition) is 1. The average molecular weight is 236 g/mol. The van der Waals surface area contributed by atoms with Crippen molar-refractivity contribution in [3.05, 3.63) is 29.3 Å². The van der Waals surface area contributed by atoms with Crippen molar-refractivity contribution in [1.29, 1.82) is 0 Å². The van der Waals surface area contributed by atoms with Crippen molar-refractivity contribution in [2.24, 2.45) is 0 Å². The summed E-state index contributed by atoms with van der Waals surface area (Å²) in [5.74, 6) is 0.918. The molecule has 0 bridgehead atoms. The second-order valence-corrected chi connectivity index (χ2v) is 4.63. The van der Waals surface area contributed by atoms with E-state index in [-0.39, 0.29) is 6.10 Å². The Bertz CT molecular complexity index is 368. The topological polar surface area (TPSA) is 38.7 Å². The van der Waals surface area contributed by atoms with E-state index < -0.39 is 6.10 Å². The first-order valence-electron chi connectivity index (χ1n) is 6.20. The van der Waals surface area contributed by atoms with Crippen LogP contribution >= 0.6 is 0 Å². The second-order valence-electron chi connectivity index (χ2n) is 4.63. The maximum absolute atomic E-state index is 9.50. The van der Waals surface area contributed by atoms with E-state index in [2.05, 4.69) is 0 Å². The van der Waals surface area contributed by atoms with E-state index in [1.807, 2.05) is 25.1 Å². The summed E-state index contributed by atoms with van der Waals surface area (Å²) in [4.78, 5) is 0. The van der Waals surface area contributed by atoms with Gasteiger partial charge in [-0.05, 0) is 37.1 Å². The normalized spacial score (nSPS) is 19.0. The van der Waals surface area contributed by atoms with Gasteiger partial charge in [-0.2, -0.15) is 0 Å². The van der Waals surface area contributed by atoms with Gasteiger partial charge in [-0.3, -0.25) is 0 Å². The Labute approximate surface area is 102 Å². The molecule has 2 rings (SSSR count). The van der Waals surface area contributed by atoms with Gasteiger partial charge >= 0.3 is 0 Å². The molecular formula is C14H20O3. The maximum Gasteiger partial charge on any atom is 0.122 e. The van der Waals surface area contributed by atoms with E-state index in [4.69, 9.17) is 9.47 Å². The molecule has 1 aromatic rings. The molecule has 1 aliphatic rings. The predicted molar refractivity (Wildman–Crippen MR) is 66.3 cm³/mol. The van der Waals surface area contributed by atoms with Gasteiger partial charge in [0.25, 0.3) is 0 Å². The predicted octanol–water partition coefficient (Wildman–Crippen LogP) is 2.61. The van der Waals surface area contributed by atoms with Crippen molar-refractivity contribution in [3.8, 4) is 5.75 Å². The molecule has 1 fully saturated rings. The number of ether oxygens (including phenoxy) is 2. The molecule has 17 heavy (non-hydrogen) atoms.